The van der Waals surface area contributed by atoms with E-state index in [1.807, 2.05) is 84.0 Å². The van der Waals surface area contributed by atoms with E-state index in [1.165, 1.54) is 16.9 Å². The molecular formula is C34H44N2O5S. The van der Waals surface area contributed by atoms with E-state index in [0.717, 1.165) is 45.8 Å². The van der Waals surface area contributed by atoms with Crippen molar-refractivity contribution < 1.29 is 24.1 Å². The van der Waals surface area contributed by atoms with Crippen LogP contribution in [0, 0.1) is 0 Å². The Morgan fingerprint density at radius 2 is 1.69 bits per heavy atom. The Labute approximate surface area is 254 Å². The number of hydrogen-bond acceptors (Lipinski definition) is 8. The molecule has 42 heavy (non-hydrogen) atoms. The number of hydrogen-bond donors (Lipinski definition) is 1. The third kappa shape index (κ3) is 8.60. The van der Waals surface area contributed by atoms with Crippen molar-refractivity contribution in [3.63, 3.8) is 0 Å². The highest BCUT2D eigenvalue weighted by Crippen LogP contribution is 2.40. The highest BCUT2D eigenvalue weighted by atomic mass is 32.1. The van der Waals surface area contributed by atoms with Gasteiger partial charge < -0.3 is 24.1 Å². The molecule has 4 rings (SSSR count). The lowest BCUT2D eigenvalue weighted by Gasteiger charge is -2.26. The molecule has 1 N–H and O–H groups in total. The van der Waals surface area contributed by atoms with Gasteiger partial charge in [0.2, 0.25) is 0 Å². The molecule has 0 aliphatic rings. The van der Waals surface area contributed by atoms with Crippen LogP contribution in [-0.4, -0.2) is 53.5 Å². The average Bonchev–Trinajstić information content (AvgIpc) is 3.35. The summed E-state index contributed by atoms with van der Waals surface area (Å²) >= 11 is 1.45. The maximum atomic E-state index is 11.7. The van der Waals surface area contributed by atoms with E-state index >= 15 is 0 Å². The Morgan fingerprint density at radius 3 is 2.36 bits per heavy atom. The Kier molecular flexibility index (Phi) is 10.7. The number of benzene rings is 3. The molecule has 3 aromatic carbocycles. The van der Waals surface area contributed by atoms with E-state index in [9.17, 15) is 5.11 Å². The van der Waals surface area contributed by atoms with Crippen LogP contribution in [0.1, 0.15) is 64.3 Å². The summed E-state index contributed by atoms with van der Waals surface area (Å²) in [5.74, 6) is 2.16. The van der Waals surface area contributed by atoms with E-state index in [2.05, 4.69) is 23.1 Å². The van der Waals surface area contributed by atoms with Crippen molar-refractivity contribution in [2.24, 2.45) is 0 Å². The molecule has 0 amide bonds. The zero-order valence-electron chi connectivity index (χ0n) is 25.8. The lowest BCUT2D eigenvalue weighted by molar-refractivity contribution is 0.110. The average molecular weight is 593 g/mol. The molecule has 7 nitrogen and oxygen atoms in total. The number of aromatic nitrogens is 1. The minimum atomic E-state index is -0.734. The van der Waals surface area contributed by atoms with Crippen molar-refractivity contribution in [3.05, 3.63) is 77.4 Å². The molecule has 0 saturated heterocycles. The number of fused-ring (bicyclic) bond motifs is 1. The van der Waals surface area contributed by atoms with Gasteiger partial charge in [-0.25, -0.2) is 0 Å². The molecule has 0 aliphatic heterocycles. The molecule has 1 heterocycles. The van der Waals surface area contributed by atoms with E-state index in [0.29, 0.717) is 30.6 Å². The summed E-state index contributed by atoms with van der Waals surface area (Å²) in [7, 11) is 1.66. The monoisotopic (exact) mass is 592 g/mol. The fraction of sp³-hybridized carbons (Fsp3) is 0.441. The zero-order valence-corrected chi connectivity index (χ0v) is 26.7. The van der Waals surface area contributed by atoms with E-state index < -0.39 is 6.10 Å². The number of thiazole rings is 1. The second-order valence-electron chi connectivity index (χ2n) is 11.6. The maximum Gasteiger partial charge on any atom is 0.274 e. The summed E-state index contributed by atoms with van der Waals surface area (Å²) in [5.41, 5.74) is 3.50. The summed E-state index contributed by atoms with van der Waals surface area (Å²) in [6, 6.07) is 20.3. The maximum absolute atomic E-state index is 11.7. The van der Waals surface area contributed by atoms with Gasteiger partial charge in [0.25, 0.3) is 5.19 Å². The fourth-order valence-corrected chi connectivity index (χ4v) is 5.88. The minimum absolute atomic E-state index is 0.00601. The van der Waals surface area contributed by atoms with Crippen molar-refractivity contribution >= 4 is 21.6 Å². The Balaban J connectivity index is 1.60. The first-order valence-corrected chi connectivity index (χ1v) is 15.4. The lowest BCUT2D eigenvalue weighted by atomic mass is 10.1. The SMILES string of the molecule is CCOc1ccc(CCN(Cc2ccccc2)C[C@H](O)c2ccc(OC(C)(C)C)c3nc(OC(C)C)sc23)cc1OC. The van der Waals surface area contributed by atoms with Gasteiger partial charge in [-0.3, -0.25) is 4.90 Å². The van der Waals surface area contributed by atoms with Crippen LogP contribution in [0.5, 0.6) is 22.4 Å². The van der Waals surface area contributed by atoms with Gasteiger partial charge >= 0.3 is 0 Å². The van der Waals surface area contributed by atoms with Gasteiger partial charge in [-0.1, -0.05) is 53.8 Å². The van der Waals surface area contributed by atoms with Crippen LogP contribution < -0.4 is 18.9 Å². The number of ether oxygens (including phenoxy) is 4. The molecule has 0 spiro atoms. The quantitative estimate of drug-likeness (QED) is 0.163. The summed E-state index contributed by atoms with van der Waals surface area (Å²) in [4.78, 5) is 7.06. The van der Waals surface area contributed by atoms with E-state index in [4.69, 9.17) is 23.9 Å². The van der Waals surface area contributed by atoms with Crippen LogP contribution >= 0.6 is 11.3 Å². The van der Waals surface area contributed by atoms with Gasteiger partial charge in [0.05, 0.1) is 30.6 Å². The van der Waals surface area contributed by atoms with Crippen molar-refractivity contribution in [3.8, 4) is 22.4 Å². The van der Waals surface area contributed by atoms with Gasteiger partial charge in [-0.2, -0.15) is 4.98 Å². The minimum Gasteiger partial charge on any atom is -0.493 e. The molecule has 8 heteroatoms. The summed E-state index contributed by atoms with van der Waals surface area (Å²) in [5, 5.41) is 12.2. The van der Waals surface area contributed by atoms with Crippen LogP contribution in [0.25, 0.3) is 10.2 Å². The van der Waals surface area contributed by atoms with Crippen molar-refractivity contribution in [2.75, 3.05) is 26.8 Å². The number of methoxy groups -OCH3 is 1. The molecule has 0 unspecified atom stereocenters. The standard InChI is InChI=1S/C34H44N2O5S/c1-8-39-28-16-14-24(20-30(28)38-7)18-19-36(21-25-12-10-9-11-13-25)22-27(37)26-15-17-29(41-34(4,5)6)31-32(26)42-33(35-31)40-23(2)3/h9-17,20,23,27,37H,8,18-19,21-22H2,1-7H3/t27-/m0/s1. The van der Waals surface area contributed by atoms with Crippen LogP contribution in [0.2, 0.25) is 0 Å². The smallest absolute Gasteiger partial charge is 0.274 e. The molecule has 0 radical (unpaired) electrons. The number of aliphatic hydroxyl groups is 1. The first kappa shape index (κ1) is 31.6. The van der Waals surface area contributed by atoms with Crippen LogP contribution in [-0.2, 0) is 13.0 Å². The normalized spacial score (nSPS) is 12.6. The molecule has 4 aromatic rings. The second kappa shape index (κ2) is 14.2. The molecule has 0 bridgehead atoms. The zero-order chi connectivity index (χ0) is 30.3. The molecule has 226 valence electrons. The summed E-state index contributed by atoms with van der Waals surface area (Å²) in [6.07, 6.45) is 0.0545. The second-order valence-corrected chi connectivity index (χ2v) is 12.6. The Bertz CT molecular complexity index is 1430. The molecule has 0 fully saturated rings. The Hall–Kier alpha value is -3.33. The molecule has 1 atom stereocenters. The highest BCUT2D eigenvalue weighted by Gasteiger charge is 2.24. The first-order valence-electron chi connectivity index (χ1n) is 14.6. The van der Waals surface area contributed by atoms with Crippen molar-refractivity contribution in [1.82, 2.24) is 9.88 Å². The topological polar surface area (TPSA) is 73.3 Å². The molecule has 0 aliphatic carbocycles. The van der Waals surface area contributed by atoms with E-state index in [1.54, 1.807) is 7.11 Å². The molecular weight excluding hydrogens is 548 g/mol. The fourth-order valence-electron chi connectivity index (χ4n) is 4.76. The van der Waals surface area contributed by atoms with Crippen molar-refractivity contribution in [2.45, 2.75) is 72.3 Å². The number of aliphatic hydroxyl groups excluding tert-OH is 1. The number of rotatable bonds is 14. The predicted molar refractivity (Wildman–Crippen MR) is 170 cm³/mol. The van der Waals surface area contributed by atoms with E-state index in [-0.39, 0.29) is 11.7 Å². The van der Waals surface area contributed by atoms with Crippen LogP contribution in [0.15, 0.2) is 60.7 Å². The highest BCUT2D eigenvalue weighted by molar-refractivity contribution is 7.20. The predicted octanol–water partition coefficient (Wildman–Crippen LogP) is 7.45. The van der Waals surface area contributed by atoms with Gasteiger partial charge in [-0.05, 0) is 77.3 Å². The lowest BCUT2D eigenvalue weighted by Crippen LogP contribution is -2.30. The molecule has 1 aromatic heterocycles. The van der Waals surface area contributed by atoms with Crippen molar-refractivity contribution in [1.29, 1.82) is 0 Å². The third-order valence-corrected chi connectivity index (χ3v) is 7.55. The summed E-state index contributed by atoms with van der Waals surface area (Å²) in [6.45, 7) is 14.5. The number of nitrogens with zero attached hydrogens (tertiary/aromatic N) is 2. The Morgan fingerprint density at radius 1 is 0.952 bits per heavy atom. The van der Waals surface area contributed by atoms with Crippen LogP contribution in [0.4, 0.5) is 0 Å². The molecule has 0 saturated carbocycles. The van der Waals surface area contributed by atoms with Gasteiger partial charge in [0.1, 0.15) is 16.9 Å². The van der Waals surface area contributed by atoms with Gasteiger partial charge in [0, 0.05) is 25.2 Å². The summed E-state index contributed by atoms with van der Waals surface area (Å²) < 4.78 is 24.3. The third-order valence-electron chi connectivity index (χ3n) is 6.55. The van der Waals surface area contributed by atoms with Gasteiger partial charge in [-0.15, -0.1) is 0 Å². The van der Waals surface area contributed by atoms with Gasteiger partial charge in [0.15, 0.2) is 11.5 Å². The largest absolute Gasteiger partial charge is 0.493 e. The van der Waals surface area contributed by atoms with Crippen LogP contribution in [0.3, 0.4) is 0 Å². The first-order chi connectivity index (χ1) is 20.1.